The summed E-state index contributed by atoms with van der Waals surface area (Å²) >= 11 is 2.09. The molecule has 0 amide bonds. The molecule has 1 aliphatic heterocycles. The summed E-state index contributed by atoms with van der Waals surface area (Å²) in [7, 11) is 0. The molecule has 20 heavy (non-hydrogen) atoms. The number of anilines is 1. The van der Waals surface area contributed by atoms with Crippen LogP contribution in [-0.4, -0.2) is 34.6 Å². The van der Waals surface area contributed by atoms with Gasteiger partial charge >= 0.3 is 0 Å². The molecular formula is C16H25N3S. The smallest absolute Gasteiger partial charge is 0.128 e. The van der Waals surface area contributed by atoms with Crippen molar-refractivity contribution in [3.8, 4) is 0 Å². The maximum absolute atomic E-state index is 4.84. The van der Waals surface area contributed by atoms with Crippen molar-refractivity contribution in [2.45, 2.75) is 56.7 Å². The zero-order chi connectivity index (χ0) is 14.1. The third kappa shape index (κ3) is 3.47. The molecular weight excluding hydrogens is 266 g/mol. The lowest BCUT2D eigenvalue weighted by molar-refractivity contribution is 0.679. The molecule has 1 saturated heterocycles. The van der Waals surface area contributed by atoms with E-state index in [1.165, 1.54) is 24.1 Å². The highest BCUT2D eigenvalue weighted by Gasteiger charge is 2.24. The normalized spacial score (nSPS) is 26.9. The van der Waals surface area contributed by atoms with Crippen molar-refractivity contribution in [2.24, 2.45) is 0 Å². The first kappa shape index (κ1) is 14.2. The number of rotatable bonds is 4. The minimum absolute atomic E-state index is 0.692. The van der Waals surface area contributed by atoms with E-state index in [1.54, 1.807) is 0 Å². The van der Waals surface area contributed by atoms with E-state index < -0.39 is 0 Å². The summed E-state index contributed by atoms with van der Waals surface area (Å²) in [6, 6.07) is 5.21. The molecule has 2 fully saturated rings. The zero-order valence-electron chi connectivity index (χ0n) is 12.7. The molecule has 4 heteroatoms. The highest BCUT2D eigenvalue weighted by molar-refractivity contribution is 8.00. The number of nitrogens with one attached hydrogen (secondary N) is 1. The molecule has 2 heterocycles. The molecule has 3 rings (SSSR count). The number of thioether (sulfide) groups is 1. The highest BCUT2D eigenvalue weighted by atomic mass is 32.2. The highest BCUT2D eigenvalue weighted by Crippen LogP contribution is 2.28. The molecule has 3 nitrogen and oxygen atoms in total. The van der Waals surface area contributed by atoms with Crippen LogP contribution in [0.3, 0.4) is 0 Å². The number of hydrogen-bond acceptors (Lipinski definition) is 4. The van der Waals surface area contributed by atoms with Crippen LogP contribution in [0.25, 0.3) is 0 Å². The molecule has 2 aliphatic rings. The van der Waals surface area contributed by atoms with E-state index in [2.05, 4.69) is 54.9 Å². The summed E-state index contributed by atoms with van der Waals surface area (Å²) in [4.78, 5) is 7.28. The third-order valence-corrected chi connectivity index (χ3v) is 5.31. The minimum Gasteiger partial charge on any atom is -0.354 e. The summed E-state index contributed by atoms with van der Waals surface area (Å²) in [5, 5.41) is 4.95. The molecule has 1 N–H and O–H groups in total. The number of nitrogens with zero attached hydrogens (tertiary/aromatic N) is 2. The molecule has 0 spiro atoms. The van der Waals surface area contributed by atoms with Crippen LogP contribution in [0.2, 0.25) is 0 Å². The molecule has 0 radical (unpaired) electrons. The molecule has 2 atom stereocenters. The lowest BCUT2D eigenvalue weighted by Crippen LogP contribution is -2.40. The molecule has 1 aromatic rings. The van der Waals surface area contributed by atoms with Crippen LogP contribution in [-0.2, 0) is 6.54 Å². The van der Waals surface area contributed by atoms with Crippen LogP contribution in [0.4, 0.5) is 5.82 Å². The van der Waals surface area contributed by atoms with Gasteiger partial charge in [0.15, 0.2) is 0 Å². The lowest BCUT2D eigenvalue weighted by atomic mass is 10.2. The van der Waals surface area contributed by atoms with Crippen LogP contribution in [0, 0.1) is 6.92 Å². The second kappa shape index (κ2) is 5.94. The maximum atomic E-state index is 4.84. The van der Waals surface area contributed by atoms with Gasteiger partial charge in [-0.2, -0.15) is 11.8 Å². The van der Waals surface area contributed by atoms with Crippen LogP contribution < -0.4 is 10.2 Å². The van der Waals surface area contributed by atoms with Crippen molar-refractivity contribution in [3.63, 3.8) is 0 Å². The third-order valence-electron chi connectivity index (χ3n) is 4.08. The molecule has 110 valence electrons. The molecule has 2 unspecified atom stereocenters. The topological polar surface area (TPSA) is 28.2 Å². The van der Waals surface area contributed by atoms with Crippen molar-refractivity contribution in [2.75, 3.05) is 18.0 Å². The van der Waals surface area contributed by atoms with Gasteiger partial charge in [-0.25, -0.2) is 4.98 Å². The first-order chi connectivity index (χ1) is 9.61. The van der Waals surface area contributed by atoms with Gasteiger partial charge in [0, 0.05) is 41.9 Å². The monoisotopic (exact) mass is 291 g/mol. The fraction of sp³-hybridized carbons (Fsp3) is 0.688. The fourth-order valence-corrected chi connectivity index (χ4v) is 4.17. The SMILES string of the molecule is Cc1nc(N2CC(C)SC(C)C2)ccc1CNC1CC1. The van der Waals surface area contributed by atoms with E-state index in [9.17, 15) is 0 Å². The Hall–Kier alpha value is -0.740. The Morgan fingerprint density at radius 1 is 1.25 bits per heavy atom. The van der Waals surface area contributed by atoms with E-state index >= 15 is 0 Å². The van der Waals surface area contributed by atoms with Gasteiger partial charge < -0.3 is 10.2 Å². The van der Waals surface area contributed by atoms with Gasteiger partial charge in [-0.15, -0.1) is 0 Å². The Bertz CT molecular complexity index is 463. The van der Waals surface area contributed by atoms with Crippen molar-refractivity contribution in [1.29, 1.82) is 0 Å². The van der Waals surface area contributed by atoms with Crippen molar-refractivity contribution < 1.29 is 0 Å². The second-order valence-corrected chi connectivity index (χ2v) is 8.11. The first-order valence-corrected chi connectivity index (χ1v) is 8.66. The van der Waals surface area contributed by atoms with Crippen molar-refractivity contribution in [3.05, 3.63) is 23.4 Å². The number of pyridine rings is 1. The van der Waals surface area contributed by atoms with Gasteiger partial charge in [0.25, 0.3) is 0 Å². The Labute approximate surface area is 126 Å². The second-order valence-electron chi connectivity index (χ2n) is 6.23. The molecule has 1 aromatic heterocycles. The van der Waals surface area contributed by atoms with Gasteiger partial charge in [-0.3, -0.25) is 0 Å². The fourth-order valence-electron chi connectivity index (χ4n) is 2.85. The number of aromatic nitrogens is 1. The quantitative estimate of drug-likeness (QED) is 0.923. The summed E-state index contributed by atoms with van der Waals surface area (Å²) < 4.78 is 0. The van der Waals surface area contributed by atoms with Gasteiger partial charge in [0.1, 0.15) is 5.82 Å². The van der Waals surface area contributed by atoms with E-state index in [-0.39, 0.29) is 0 Å². The molecule has 1 saturated carbocycles. The van der Waals surface area contributed by atoms with Gasteiger partial charge in [-0.1, -0.05) is 19.9 Å². The van der Waals surface area contributed by atoms with E-state index in [4.69, 9.17) is 4.98 Å². The van der Waals surface area contributed by atoms with E-state index in [0.717, 1.165) is 31.5 Å². The van der Waals surface area contributed by atoms with Gasteiger partial charge in [0.05, 0.1) is 0 Å². The zero-order valence-corrected chi connectivity index (χ0v) is 13.5. The lowest BCUT2D eigenvalue weighted by Gasteiger charge is -2.35. The Balaban J connectivity index is 1.68. The van der Waals surface area contributed by atoms with Crippen molar-refractivity contribution >= 4 is 17.6 Å². The average Bonchev–Trinajstić information content (AvgIpc) is 3.20. The first-order valence-electron chi connectivity index (χ1n) is 7.72. The average molecular weight is 291 g/mol. The summed E-state index contributed by atoms with van der Waals surface area (Å²) in [6.45, 7) is 9.95. The van der Waals surface area contributed by atoms with E-state index in [1.807, 2.05) is 0 Å². The molecule has 0 aromatic carbocycles. The van der Waals surface area contributed by atoms with Crippen LogP contribution in [0.5, 0.6) is 0 Å². The number of hydrogen-bond donors (Lipinski definition) is 1. The van der Waals surface area contributed by atoms with Gasteiger partial charge in [-0.05, 0) is 31.4 Å². The largest absolute Gasteiger partial charge is 0.354 e. The maximum Gasteiger partial charge on any atom is 0.128 e. The predicted octanol–water partition coefficient (Wildman–Crippen LogP) is 2.97. The van der Waals surface area contributed by atoms with Crippen LogP contribution in [0.15, 0.2) is 12.1 Å². The predicted molar refractivity (Wildman–Crippen MR) is 87.6 cm³/mol. The number of aryl methyl sites for hydroxylation is 1. The Morgan fingerprint density at radius 2 is 1.95 bits per heavy atom. The standard InChI is InChI=1S/C16H25N3S/c1-11-9-19(10-12(2)20-11)16-7-4-14(13(3)18-16)8-17-15-5-6-15/h4,7,11-12,15,17H,5-6,8-10H2,1-3H3. The minimum atomic E-state index is 0.692. The van der Waals surface area contributed by atoms with E-state index in [0.29, 0.717) is 10.5 Å². The van der Waals surface area contributed by atoms with Gasteiger partial charge in [0.2, 0.25) is 0 Å². The summed E-state index contributed by atoms with van der Waals surface area (Å²) in [5.41, 5.74) is 2.52. The summed E-state index contributed by atoms with van der Waals surface area (Å²) in [5.74, 6) is 1.15. The Kier molecular flexibility index (Phi) is 4.22. The van der Waals surface area contributed by atoms with Crippen LogP contribution in [0.1, 0.15) is 37.9 Å². The molecule has 0 bridgehead atoms. The van der Waals surface area contributed by atoms with Crippen molar-refractivity contribution in [1.82, 2.24) is 10.3 Å². The van der Waals surface area contributed by atoms with Crippen LogP contribution >= 0.6 is 11.8 Å². The molecule has 1 aliphatic carbocycles. The Morgan fingerprint density at radius 3 is 2.55 bits per heavy atom. The summed E-state index contributed by atoms with van der Waals surface area (Å²) in [6.07, 6.45) is 2.68.